The molecule has 4 heteroatoms. The van der Waals surface area contributed by atoms with Crippen LogP contribution < -0.4 is 10.1 Å². The normalized spacial score (nSPS) is 11.8. The molecule has 0 heterocycles. The number of hydrogen-bond acceptors (Lipinski definition) is 3. The summed E-state index contributed by atoms with van der Waals surface area (Å²) in [4.78, 5) is 13.7. The van der Waals surface area contributed by atoms with Crippen molar-refractivity contribution in [1.29, 1.82) is 0 Å². The fourth-order valence-electron chi connectivity index (χ4n) is 2.34. The highest BCUT2D eigenvalue weighted by Gasteiger charge is 2.19. The Morgan fingerprint density at radius 2 is 1.88 bits per heavy atom. The minimum absolute atomic E-state index is 0.111. The van der Waals surface area contributed by atoms with E-state index in [1.807, 2.05) is 56.3 Å². The molecule has 0 fully saturated rings. The predicted octanol–water partition coefficient (Wildman–Crippen LogP) is 5.21. The number of ether oxygens (including phenoxy) is 1. The first-order chi connectivity index (χ1) is 11.5. The lowest BCUT2D eigenvalue weighted by Gasteiger charge is -2.19. The first-order valence-electron chi connectivity index (χ1n) is 8.31. The predicted molar refractivity (Wildman–Crippen MR) is 102 cm³/mol. The van der Waals surface area contributed by atoms with E-state index >= 15 is 0 Å². The zero-order chi connectivity index (χ0) is 17.5. The summed E-state index contributed by atoms with van der Waals surface area (Å²) >= 11 is 1.72. The molecule has 0 saturated carbocycles. The molecule has 1 N–H and O–H groups in total. The molecule has 1 unspecified atom stereocenters. The second-order valence-electron chi connectivity index (χ2n) is 5.68. The molecule has 0 bridgehead atoms. The minimum atomic E-state index is -0.508. The van der Waals surface area contributed by atoms with Crippen LogP contribution in [0.25, 0.3) is 0 Å². The third-order valence-electron chi connectivity index (χ3n) is 3.86. The Kier molecular flexibility index (Phi) is 6.73. The number of thioether (sulfide) groups is 1. The van der Waals surface area contributed by atoms with Crippen LogP contribution in [0, 0.1) is 13.8 Å². The second kappa shape index (κ2) is 8.78. The maximum atomic E-state index is 12.6. The highest BCUT2D eigenvalue weighted by molar-refractivity contribution is 7.99. The van der Waals surface area contributed by atoms with Gasteiger partial charge in [-0.25, -0.2) is 0 Å². The van der Waals surface area contributed by atoms with E-state index in [1.165, 1.54) is 5.56 Å². The number of aryl methyl sites for hydroxylation is 2. The molecule has 128 valence electrons. The number of nitrogens with one attached hydrogen (secondary N) is 1. The highest BCUT2D eigenvalue weighted by atomic mass is 32.2. The molecular weight excluding hydrogens is 318 g/mol. The van der Waals surface area contributed by atoms with Gasteiger partial charge in [0, 0.05) is 4.90 Å². The Balaban J connectivity index is 2.10. The van der Waals surface area contributed by atoms with Gasteiger partial charge >= 0.3 is 0 Å². The molecule has 2 aromatic carbocycles. The van der Waals surface area contributed by atoms with E-state index < -0.39 is 6.10 Å². The van der Waals surface area contributed by atoms with Crippen LogP contribution in [0.2, 0.25) is 0 Å². The number of carbonyl (C=O) groups excluding carboxylic acids is 1. The number of benzene rings is 2. The number of amides is 1. The van der Waals surface area contributed by atoms with Crippen molar-refractivity contribution in [3.05, 3.63) is 53.6 Å². The molecule has 2 aromatic rings. The van der Waals surface area contributed by atoms with Gasteiger partial charge in [0.2, 0.25) is 0 Å². The molecular formula is C20H25NO2S. The van der Waals surface area contributed by atoms with E-state index in [2.05, 4.69) is 19.2 Å². The van der Waals surface area contributed by atoms with Crippen molar-refractivity contribution in [3.8, 4) is 5.75 Å². The Hall–Kier alpha value is -1.94. The summed E-state index contributed by atoms with van der Waals surface area (Å²) in [5.41, 5.74) is 3.22. The molecule has 2 rings (SSSR count). The molecule has 0 radical (unpaired) electrons. The third kappa shape index (κ3) is 4.78. The first kappa shape index (κ1) is 18.4. The van der Waals surface area contributed by atoms with Gasteiger partial charge in [0.15, 0.2) is 6.10 Å². The topological polar surface area (TPSA) is 38.3 Å². The van der Waals surface area contributed by atoms with Crippen LogP contribution in [0.3, 0.4) is 0 Å². The van der Waals surface area contributed by atoms with Crippen molar-refractivity contribution < 1.29 is 9.53 Å². The molecule has 0 spiro atoms. The number of para-hydroxylation sites is 1. The van der Waals surface area contributed by atoms with Gasteiger partial charge in [-0.15, -0.1) is 11.8 Å². The fourth-order valence-corrected chi connectivity index (χ4v) is 3.10. The molecule has 0 aliphatic carbocycles. The van der Waals surface area contributed by atoms with E-state index in [0.717, 1.165) is 27.6 Å². The van der Waals surface area contributed by atoms with E-state index in [0.29, 0.717) is 6.42 Å². The van der Waals surface area contributed by atoms with Crippen molar-refractivity contribution in [3.63, 3.8) is 0 Å². The Bertz CT molecular complexity index is 700. The number of anilines is 1. The van der Waals surface area contributed by atoms with Gasteiger partial charge in [0.1, 0.15) is 5.75 Å². The largest absolute Gasteiger partial charge is 0.481 e. The molecule has 24 heavy (non-hydrogen) atoms. The van der Waals surface area contributed by atoms with Crippen LogP contribution in [0.1, 0.15) is 31.4 Å². The van der Waals surface area contributed by atoms with E-state index in [9.17, 15) is 4.79 Å². The SMILES string of the molecule is CCSc1ccccc1NC(=O)C(CC)Oc1ccc(C)c(C)c1. The Morgan fingerprint density at radius 3 is 2.54 bits per heavy atom. The van der Waals surface area contributed by atoms with Crippen molar-refractivity contribution in [2.24, 2.45) is 0 Å². The van der Waals surface area contributed by atoms with E-state index in [1.54, 1.807) is 11.8 Å². The van der Waals surface area contributed by atoms with Gasteiger partial charge < -0.3 is 10.1 Å². The molecule has 1 atom stereocenters. The third-order valence-corrected chi connectivity index (χ3v) is 4.82. The molecule has 0 aliphatic rings. The maximum absolute atomic E-state index is 12.6. The lowest BCUT2D eigenvalue weighted by Crippen LogP contribution is -2.32. The van der Waals surface area contributed by atoms with E-state index in [4.69, 9.17) is 4.74 Å². The van der Waals surface area contributed by atoms with E-state index in [-0.39, 0.29) is 5.91 Å². The van der Waals surface area contributed by atoms with Gasteiger partial charge in [0.05, 0.1) is 5.69 Å². The zero-order valence-electron chi connectivity index (χ0n) is 14.8. The summed E-state index contributed by atoms with van der Waals surface area (Å²) in [5.74, 6) is 1.58. The number of rotatable bonds is 7. The average molecular weight is 343 g/mol. The molecule has 0 saturated heterocycles. The summed E-state index contributed by atoms with van der Waals surface area (Å²) in [7, 11) is 0. The van der Waals surface area contributed by atoms with Crippen molar-refractivity contribution in [1.82, 2.24) is 0 Å². The van der Waals surface area contributed by atoms with Gasteiger partial charge in [-0.05, 0) is 61.4 Å². The maximum Gasteiger partial charge on any atom is 0.265 e. The summed E-state index contributed by atoms with van der Waals surface area (Å²) in [5, 5.41) is 3.01. The van der Waals surface area contributed by atoms with Crippen molar-refractivity contribution in [2.75, 3.05) is 11.1 Å². The summed E-state index contributed by atoms with van der Waals surface area (Å²) < 4.78 is 5.91. The lowest BCUT2D eigenvalue weighted by atomic mass is 10.1. The van der Waals surface area contributed by atoms with Crippen molar-refractivity contribution >= 4 is 23.4 Å². The average Bonchev–Trinajstić information content (AvgIpc) is 2.57. The number of carbonyl (C=O) groups is 1. The number of hydrogen-bond donors (Lipinski definition) is 1. The second-order valence-corrected chi connectivity index (χ2v) is 6.99. The summed E-state index contributed by atoms with van der Waals surface area (Å²) in [6.45, 7) is 8.16. The van der Waals surface area contributed by atoms with Crippen molar-refractivity contribution in [2.45, 2.75) is 45.1 Å². The highest BCUT2D eigenvalue weighted by Crippen LogP contribution is 2.27. The quantitative estimate of drug-likeness (QED) is 0.701. The van der Waals surface area contributed by atoms with Gasteiger partial charge in [-0.1, -0.05) is 32.0 Å². The van der Waals surface area contributed by atoms with Crippen LogP contribution in [0.15, 0.2) is 47.4 Å². The van der Waals surface area contributed by atoms with Gasteiger partial charge in [0.25, 0.3) is 5.91 Å². The molecule has 0 aromatic heterocycles. The zero-order valence-corrected chi connectivity index (χ0v) is 15.6. The standard InChI is InChI=1S/C20H25NO2S/c1-5-18(23-16-12-11-14(3)15(4)13-16)20(22)21-17-9-7-8-10-19(17)24-6-2/h7-13,18H,5-6H2,1-4H3,(H,21,22). The summed E-state index contributed by atoms with van der Waals surface area (Å²) in [6, 6.07) is 13.8. The minimum Gasteiger partial charge on any atom is -0.481 e. The van der Waals surface area contributed by atoms with Crippen LogP contribution in [0.5, 0.6) is 5.75 Å². The molecule has 1 amide bonds. The molecule has 3 nitrogen and oxygen atoms in total. The lowest BCUT2D eigenvalue weighted by molar-refractivity contribution is -0.122. The fraction of sp³-hybridized carbons (Fsp3) is 0.350. The van der Waals surface area contributed by atoms with Crippen LogP contribution in [0.4, 0.5) is 5.69 Å². The molecule has 0 aliphatic heterocycles. The smallest absolute Gasteiger partial charge is 0.265 e. The monoisotopic (exact) mass is 343 g/mol. The Morgan fingerprint density at radius 1 is 1.12 bits per heavy atom. The Labute approximate surface area is 148 Å². The summed E-state index contributed by atoms with van der Waals surface area (Å²) in [6.07, 6.45) is 0.105. The van der Waals surface area contributed by atoms with Crippen LogP contribution in [-0.4, -0.2) is 17.8 Å². The van der Waals surface area contributed by atoms with Gasteiger partial charge in [-0.2, -0.15) is 0 Å². The van der Waals surface area contributed by atoms with Gasteiger partial charge in [-0.3, -0.25) is 4.79 Å². The van der Waals surface area contributed by atoms with Crippen LogP contribution in [-0.2, 0) is 4.79 Å². The van der Waals surface area contributed by atoms with Crippen LogP contribution >= 0.6 is 11.8 Å². The first-order valence-corrected chi connectivity index (χ1v) is 9.30.